The molecule has 1 amide bonds. The fourth-order valence-electron chi connectivity index (χ4n) is 3.87. The molecule has 1 saturated heterocycles. The van der Waals surface area contributed by atoms with Crippen LogP contribution in [0.15, 0.2) is 48.5 Å². The fourth-order valence-corrected chi connectivity index (χ4v) is 3.87. The van der Waals surface area contributed by atoms with E-state index < -0.39 is 23.2 Å². The number of alkyl halides is 3. The van der Waals surface area contributed by atoms with Gasteiger partial charge in [-0.1, -0.05) is 18.2 Å². The van der Waals surface area contributed by atoms with Gasteiger partial charge in [0, 0.05) is 19.8 Å². The molecular weight excluding hydrogens is 465 g/mol. The lowest BCUT2D eigenvalue weighted by molar-refractivity contribution is -0.137. The molecule has 1 aliphatic rings. The van der Waals surface area contributed by atoms with E-state index >= 15 is 0 Å². The van der Waals surface area contributed by atoms with Gasteiger partial charge >= 0.3 is 12.1 Å². The van der Waals surface area contributed by atoms with Crippen LogP contribution in [0.1, 0.15) is 47.3 Å². The first-order valence-corrected chi connectivity index (χ1v) is 11.3. The minimum Gasteiger partial charge on any atom is -0.492 e. The van der Waals surface area contributed by atoms with Crippen LogP contribution in [0.5, 0.6) is 5.75 Å². The Kier molecular flexibility index (Phi) is 8.74. The third-order valence-electron chi connectivity index (χ3n) is 5.96. The third kappa shape index (κ3) is 6.95. The molecule has 1 atom stereocenters. The maximum atomic E-state index is 13.3. The quantitative estimate of drug-likeness (QED) is 0.407. The van der Waals surface area contributed by atoms with Crippen molar-refractivity contribution in [1.82, 2.24) is 10.6 Å². The van der Waals surface area contributed by atoms with E-state index in [1.807, 2.05) is 6.92 Å². The molecular formula is C25H29F3N2O5. The number of carbonyl (C=O) groups is 2. The molecule has 1 fully saturated rings. The van der Waals surface area contributed by atoms with Crippen LogP contribution in [0.25, 0.3) is 0 Å². The maximum Gasteiger partial charge on any atom is 0.416 e. The zero-order valence-electron chi connectivity index (χ0n) is 19.6. The average molecular weight is 495 g/mol. The number of halogens is 3. The topological polar surface area (TPSA) is 85.9 Å². The van der Waals surface area contributed by atoms with Gasteiger partial charge in [-0.25, -0.2) is 4.79 Å². The first kappa shape index (κ1) is 26.5. The molecule has 3 rings (SSSR count). The van der Waals surface area contributed by atoms with Gasteiger partial charge in [-0.15, -0.1) is 0 Å². The molecule has 35 heavy (non-hydrogen) atoms. The van der Waals surface area contributed by atoms with Crippen molar-refractivity contribution in [3.63, 3.8) is 0 Å². The number of hydrogen-bond acceptors (Lipinski definition) is 6. The van der Waals surface area contributed by atoms with Crippen LogP contribution in [0, 0.1) is 0 Å². The summed E-state index contributed by atoms with van der Waals surface area (Å²) in [6.07, 6.45) is -3.56. The Balaban J connectivity index is 1.59. The van der Waals surface area contributed by atoms with Crippen LogP contribution in [-0.4, -0.2) is 50.9 Å². The van der Waals surface area contributed by atoms with Crippen LogP contribution in [0.4, 0.5) is 13.2 Å². The van der Waals surface area contributed by atoms with Gasteiger partial charge in [-0.05, 0) is 55.7 Å². The van der Waals surface area contributed by atoms with Crippen molar-refractivity contribution in [2.75, 3.05) is 33.5 Å². The molecule has 0 aliphatic carbocycles. The summed E-state index contributed by atoms with van der Waals surface area (Å²) in [5, 5.41) is 6.25. The first-order valence-electron chi connectivity index (χ1n) is 11.3. The van der Waals surface area contributed by atoms with E-state index in [9.17, 15) is 22.8 Å². The highest BCUT2D eigenvalue weighted by Crippen LogP contribution is 2.31. The summed E-state index contributed by atoms with van der Waals surface area (Å²) in [5.41, 5.74) is -0.439. The number of nitrogens with one attached hydrogen (secondary N) is 2. The van der Waals surface area contributed by atoms with E-state index in [2.05, 4.69) is 10.6 Å². The van der Waals surface area contributed by atoms with Crippen LogP contribution in [0.3, 0.4) is 0 Å². The Morgan fingerprint density at radius 2 is 1.80 bits per heavy atom. The number of amides is 1. The molecule has 1 heterocycles. The van der Waals surface area contributed by atoms with Crippen molar-refractivity contribution < 1.29 is 37.0 Å². The van der Waals surface area contributed by atoms with E-state index in [1.54, 1.807) is 24.3 Å². The summed E-state index contributed by atoms with van der Waals surface area (Å²) in [5.74, 6) is -0.536. The Morgan fingerprint density at radius 1 is 1.11 bits per heavy atom. The predicted molar refractivity (Wildman–Crippen MR) is 122 cm³/mol. The van der Waals surface area contributed by atoms with Gasteiger partial charge in [0.1, 0.15) is 17.9 Å². The molecule has 2 N–H and O–H groups in total. The number of ether oxygens (including phenoxy) is 3. The molecule has 0 spiro atoms. The summed E-state index contributed by atoms with van der Waals surface area (Å²) >= 11 is 0. The normalized spacial score (nSPS) is 16.3. The second-order valence-corrected chi connectivity index (χ2v) is 8.30. The lowest BCUT2D eigenvalue weighted by atomic mass is 9.88. The number of esters is 1. The largest absolute Gasteiger partial charge is 0.492 e. The predicted octanol–water partition coefficient (Wildman–Crippen LogP) is 3.89. The minimum atomic E-state index is -4.45. The highest BCUT2D eigenvalue weighted by atomic mass is 19.4. The van der Waals surface area contributed by atoms with Crippen LogP contribution in [-0.2, 0) is 20.4 Å². The smallest absolute Gasteiger partial charge is 0.416 e. The van der Waals surface area contributed by atoms with Crippen LogP contribution >= 0.6 is 0 Å². The summed E-state index contributed by atoms with van der Waals surface area (Å²) < 4.78 is 54.3. The molecule has 2 aromatic rings. The first-order chi connectivity index (χ1) is 16.6. The van der Waals surface area contributed by atoms with Gasteiger partial charge in [0.25, 0.3) is 0 Å². The molecule has 10 heteroatoms. The van der Waals surface area contributed by atoms with Crippen molar-refractivity contribution in [3.8, 4) is 5.75 Å². The van der Waals surface area contributed by atoms with Crippen molar-refractivity contribution >= 4 is 11.9 Å². The van der Waals surface area contributed by atoms with Gasteiger partial charge in [-0.3, -0.25) is 10.1 Å². The van der Waals surface area contributed by atoms with Crippen molar-refractivity contribution in [2.24, 2.45) is 0 Å². The number of hydrogen-bond donors (Lipinski definition) is 2. The Morgan fingerprint density at radius 3 is 2.43 bits per heavy atom. The third-order valence-corrected chi connectivity index (χ3v) is 5.96. The van der Waals surface area contributed by atoms with E-state index in [4.69, 9.17) is 14.2 Å². The lowest BCUT2D eigenvalue weighted by Crippen LogP contribution is -2.60. The molecule has 1 unspecified atom stereocenters. The Labute approximate surface area is 201 Å². The average Bonchev–Trinajstić information content (AvgIpc) is 2.86. The summed E-state index contributed by atoms with van der Waals surface area (Å²) in [6, 6.07) is 11.1. The van der Waals surface area contributed by atoms with Crippen molar-refractivity contribution in [3.05, 3.63) is 65.2 Å². The van der Waals surface area contributed by atoms with Crippen LogP contribution < -0.4 is 15.4 Å². The molecule has 190 valence electrons. The van der Waals surface area contributed by atoms with E-state index in [0.717, 1.165) is 17.7 Å². The molecule has 0 aromatic heterocycles. The van der Waals surface area contributed by atoms with E-state index in [0.29, 0.717) is 31.6 Å². The Hall–Kier alpha value is -3.11. The van der Waals surface area contributed by atoms with Gasteiger partial charge < -0.3 is 19.5 Å². The summed E-state index contributed by atoms with van der Waals surface area (Å²) in [6.45, 7) is 2.98. The van der Waals surface area contributed by atoms with E-state index in [-0.39, 0.29) is 30.9 Å². The summed E-state index contributed by atoms with van der Waals surface area (Å²) in [4.78, 5) is 24.9. The minimum absolute atomic E-state index is 0.0851. The SMILES string of the molecule is COC(=O)c1ccc(C(C)NC(=O)C2(NCCOc3cccc(C(F)(F)F)c3)CCOCC2)cc1. The van der Waals surface area contributed by atoms with Gasteiger partial charge in [-0.2, -0.15) is 13.2 Å². The standard InChI is InChI=1S/C25H29F3N2O5/c1-17(18-6-8-19(9-7-18)22(31)33-2)30-23(32)24(10-13-34-14-11-24)29-12-15-35-21-5-3-4-20(16-21)25(26,27)28/h3-9,16-17,29H,10-15H2,1-2H3,(H,30,32). The zero-order chi connectivity index (χ0) is 25.5. The van der Waals surface area contributed by atoms with Gasteiger partial charge in [0.2, 0.25) is 5.91 Å². The second-order valence-electron chi connectivity index (χ2n) is 8.30. The molecule has 7 nitrogen and oxygen atoms in total. The second kappa shape index (κ2) is 11.5. The number of carbonyl (C=O) groups excluding carboxylic acids is 2. The number of benzene rings is 2. The van der Waals surface area contributed by atoms with Gasteiger partial charge in [0.05, 0.1) is 24.3 Å². The molecule has 2 aromatic carbocycles. The highest BCUT2D eigenvalue weighted by Gasteiger charge is 2.40. The van der Waals surface area contributed by atoms with Crippen molar-refractivity contribution in [2.45, 2.75) is 37.5 Å². The van der Waals surface area contributed by atoms with E-state index in [1.165, 1.54) is 19.2 Å². The monoisotopic (exact) mass is 494 g/mol. The number of rotatable bonds is 9. The molecule has 0 radical (unpaired) electrons. The number of methoxy groups -OCH3 is 1. The lowest BCUT2D eigenvalue weighted by Gasteiger charge is -2.37. The van der Waals surface area contributed by atoms with Crippen LogP contribution in [0.2, 0.25) is 0 Å². The molecule has 0 saturated carbocycles. The maximum absolute atomic E-state index is 13.3. The fraction of sp³-hybridized carbons (Fsp3) is 0.440. The zero-order valence-corrected chi connectivity index (χ0v) is 19.6. The van der Waals surface area contributed by atoms with Gasteiger partial charge in [0.15, 0.2) is 0 Å². The molecule has 0 bridgehead atoms. The Bertz CT molecular complexity index is 1000. The highest BCUT2D eigenvalue weighted by molar-refractivity contribution is 5.89. The summed E-state index contributed by atoms with van der Waals surface area (Å²) in [7, 11) is 1.31. The molecule has 1 aliphatic heterocycles. The van der Waals surface area contributed by atoms with Crippen molar-refractivity contribution in [1.29, 1.82) is 0 Å².